The van der Waals surface area contributed by atoms with Gasteiger partial charge < -0.3 is 4.90 Å². The molecule has 0 aliphatic rings. The second kappa shape index (κ2) is 6.55. The summed E-state index contributed by atoms with van der Waals surface area (Å²) in [4.78, 5) is 24.0. The van der Waals surface area contributed by atoms with Crippen LogP contribution in [0, 0.1) is 0 Å². The third kappa shape index (κ3) is 4.69. The molecule has 1 aromatic rings. The van der Waals surface area contributed by atoms with Gasteiger partial charge in [-0.15, -0.1) is 0 Å². The van der Waals surface area contributed by atoms with E-state index in [1.54, 1.807) is 11.9 Å². The minimum atomic E-state index is -0.121. The lowest BCUT2D eigenvalue weighted by Gasteiger charge is -2.16. The fourth-order valence-corrected chi connectivity index (χ4v) is 1.94. The van der Waals surface area contributed by atoms with Gasteiger partial charge in [-0.05, 0) is 25.0 Å². The summed E-state index contributed by atoms with van der Waals surface area (Å²) in [5.74, 6) is -0.215. The molecule has 1 rings (SSSR count). The summed E-state index contributed by atoms with van der Waals surface area (Å²) in [6, 6.07) is 7.93. The van der Waals surface area contributed by atoms with E-state index in [1.165, 1.54) is 6.92 Å². The Morgan fingerprint density at radius 2 is 1.94 bits per heavy atom. The average molecular weight is 298 g/mol. The van der Waals surface area contributed by atoms with Crippen LogP contribution in [0.2, 0.25) is 0 Å². The molecular weight excluding hydrogens is 282 g/mol. The van der Waals surface area contributed by atoms with Gasteiger partial charge in [0.15, 0.2) is 0 Å². The predicted molar refractivity (Wildman–Crippen MR) is 70.8 cm³/mol. The molecule has 0 aromatic heterocycles. The summed E-state index contributed by atoms with van der Waals surface area (Å²) >= 11 is 3.47. The summed E-state index contributed by atoms with van der Waals surface area (Å²) in [6.07, 6.45) is 0.772. The van der Waals surface area contributed by atoms with Gasteiger partial charge in [-0.25, -0.2) is 0 Å². The topological polar surface area (TPSA) is 37.4 Å². The summed E-state index contributed by atoms with van der Waals surface area (Å²) < 4.78 is 1.05. The normalized spacial score (nSPS) is 10.1. The van der Waals surface area contributed by atoms with Crippen molar-refractivity contribution < 1.29 is 9.59 Å². The average Bonchev–Trinajstić information content (AvgIpc) is 2.26. The Morgan fingerprint density at radius 3 is 2.53 bits per heavy atom. The Labute approximate surface area is 110 Å². The lowest BCUT2D eigenvalue weighted by molar-refractivity contribution is -0.133. The van der Waals surface area contributed by atoms with Crippen molar-refractivity contribution in [3.63, 3.8) is 0 Å². The van der Waals surface area contributed by atoms with Crippen LogP contribution in [0.15, 0.2) is 28.7 Å². The number of rotatable bonds is 5. The second-order valence-electron chi connectivity index (χ2n) is 4.04. The number of carbonyl (C=O) groups is 2. The summed E-state index contributed by atoms with van der Waals surface area (Å²) in [6.45, 7) is 2.05. The van der Waals surface area contributed by atoms with Gasteiger partial charge in [0.25, 0.3) is 0 Å². The molecule has 0 spiro atoms. The van der Waals surface area contributed by atoms with Crippen LogP contribution < -0.4 is 0 Å². The van der Waals surface area contributed by atoms with Crippen molar-refractivity contribution in [1.82, 2.24) is 4.90 Å². The number of ketones is 1. The highest BCUT2D eigenvalue weighted by Gasteiger charge is 2.11. The van der Waals surface area contributed by atoms with E-state index >= 15 is 0 Å². The highest BCUT2D eigenvalue weighted by Crippen LogP contribution is 2.16. The first-order chi connectivity index (χ1) is 8.00. The van der Waals surface area contributed by atoms with E-state index in [1.807, 2.05) is 24.3 Å². The maximum absolute atomic E-state index is 11.6. The smallest absolute Gasteiger partial charge is 0.229 e. The fourth-order valence-electron chi connectivity index (χ4n) is 1.46. The summed E-state index contributed by atoms with van der Waals surface area (Å²) in [5, 5.41) is 0. The van der Waals surface area contributed by atoms with Crippen molar-refractivity contribution in [3.8, 4) is 0 Å². The molecule has 92 valence electrons. The van der Waals surface area contributed by atoms with Crippen LogP contribution in [0.1, 0.15) is 18.9 Å². The van der Waals surface area contributed by atoms with E-state index in [4.69, 9.17) is 0 Å². The van der Waals surface area contributed by atoms with E-state index in [9.17, 15) is 9.59 Å². The summed E-state index contributed by atoms with van der Waals surface area (Å²) in [7, 11) is 1.72. The molecule has 0 heterocycles. The molecule has 0 saturated heterocycles. The van der Waals surface area contributed by atoms with Crippen LogP contribution in [-0.4, -0.2) is 30.2 Å². The minimum absolute atomic E-state index is 0.00748. The highest BCUT2D eigenvalue weighted by molar-refractivity contribution is 9.10. The number of amides is 1. The number of hydrogen-bond acceptors (Lipinski definition) is 2. The van der Waals surface area contributed by atoms with Gasteiger partial charge >= 0.3 is 0 Å². The SMILES string of the molecule is CC(=O)CC(=O)N(C)CCc1ccccc1Br. The molecular formula is C13H16BrNO2. The first kappa shape index (κ1) is 13.9. The van der Waals surface area contributed by atoms with Crippen molar-refractivity contribution in [3.05, 3.63) is 34.3 Å². The fraction of sp³-hybridized carbons (Fsp3) is 0.385. The van der Waals surface area contributed by atoms with Crippen molar-refractivity contribution in [2.45, 2.75) is 19.8 Å². The van der Waals surface area contributed by atoms with E-state index < -0.39 is 0 Å². The number of halogens is 1. The Balaban J connectivity index is 2.48. The molecule has 0 radical (unpaired) electrons. The quantitative estimate of drug-likeness (QED) is 0.783. The molecule has 0 bridgehead atoms. The lowest BCUT2D eigenvalue weighted by atomic mass is 10.1. The van der Waals surface area contributed by atoms with E-state index in [2.05, 4.69) is 15.9 Å². The minimum Gasteiger partial charge on any atom is -0.345 e. The molecule has 0 saturated carbocycles. The first-order valence-electron chi connectivity index (χ1n) is 5.47. The van der Waals surface area contributed by atoms with Crippen LogP contribution in [-0.2, 0) is 16.0 Å². The highest BCUT2D eigenvalue weighted by atomic mass is 79.9. The molecule has 0 aliphatic heterocycles. The number of nitrogens with zero attached hydrogens (tertiary/aromatic N) is 1. The lowest BCUT2D eigenvalue weighted by Crippen LogP contribution is -2.30. The van der Waals surface area contributed by atoms with Crippen molar-refractivity contribution in [2.24, 2.45) is 0 Å². The monoisotopic (exact) mass is 297 g/mol. The standard InChI is InChI=1S/C13H16BrNO2/c1-10(16)9-13(17)15(2)8-7-11-5-3-4-6-12(11)14/h3-6H,7-9H2,1-2H3. The van der Waals surface area contributed by atoms with Gasteiger partial charge in [0.05, 0.1) is 6.42 Å². The van der Waals surface area contributed by atoms with Gasteiger partial charge in [0, 0.05) is 18.1 Å². The van der Waals surface area contributed by atoms with E-state index in [-0.39, 0.29) is 18.1 Å². The number of hydrogen-bond donors (Lipinski definition) is 0. The van der Waals surface area contributed by atoms with Crippen LogP contribution in [0.5, 0.6) is 0 Å². The molecule has 1 aromatic carbocycles. The van der Waals surface area contributed by atoms with Crippen molar-refractivity contribution in [2.75, 3.05) is 13.6 Å². The zero-order valence-electron chi connectivity index (χ0n) is 10.1. The molecule has 3 nitrogen and oxygen atoms in total. The van der Waals surface area contributed by atoms with Gasteiger partial charge in [-0.3, -0.25) is 9.59 Å². The van der Waals surface area contributed by atoms with Crippen LogP contribution in [0.3, 0.4) is 0 Å². The second-order valence-corrected chi connectivity index (χ2v) is 4.89. The van der Waals surface area contributed by atoms with E-state index in [0.29, 0.717) is 6.54 Å². The Morgan fingerprint density at radius 1 is 1.29 bits per heavy atom. The Kier molecular flexibility index (Phi) is 5.35. The number of Topliss-reactive ketones (excluding diaryl/α,β-unsaturated/α-hetero) is 1. The maximum Gasteiger partial charge on any atom is 0.229 e. The molecule has 0 unspecified atom stereocenters. The van der Waals surface area contributed by atoms with Crippen molar-refractivity contribution in [1.29, 1.82) is 0 Å². The predicted octanol–water partition coefficient (Wildman–Crippen LogP) is 2.43. The zero-order valence-corrected chi connectivity index (χ0v) is 11.7. The molecule has 4 heteroatoms. The van der Waals surface area contributed by atoms with Gasteiger partial charge in [-0.1, -0.05) is 34.1 Å². The van der Waals surface area contributed by atoms with Crippen LogP contribution in [0.25, 0.3) is 0 Å². The number of likely N-dealkylation sites (N-methyl/N-ethyl adjacent to an activating group) is 1. The molecule has 0 aliphatic carbocycles. The third-order valence-corrected chi connectivity index (χ3v) is 3.27. The molecule has 17 heavy (non-hydrogen) atoms. The maximum atomic E-state index is 11.6. The van der Waals surface area contributed by atoms with Crippen LogP contribution in [0.4, 0.5) is 0 Å². The Bertz CT molecular complexity index is 418. The van der Waals surface area contributed by atoms with Crippen LogP contribution >= 0.6 is 15.9 Å². The van der Waals surface area contributed by atoms with E-state index in [0.717, 1.165) is 16.5 Å². The molecule has 0 fully saturated rings. The summed E-state index contributed by atoms with van der Waals surface area (Å²) in [5.41, 5.74) is 1.16. The Hall–Kier alpha value is -1.16. The zero-order chi connectivity index (χ0) is 12.8. The number of benzene rings is 1. The third-order valence-electron chi connectivity index (χ3n) is 2.50. The first-order valence-corrected chi connectivity index (χ1v) is 6.27. The van der Waals surface area contributed by atoms with Gasteiger partial charge in [0.1, 0.15) is 5.78 Å². The molecule has 0 N–H and O–H groups in total. The largest absolute Gasteiger partial charge is 0.345 e. The van der Waals surface area contributed by atoms with Gasteiger partial charge in [-0.2, -0.15) is 0 Å². The van der Waals surface area contributed by atoms with Gasteiger partial charge in [0.2, 0.25) is 5.91 Å². The molecule has 1 amide bonds. The number of carbonyl (C=O) groups excluding carboxylic acids is 2. The van der Waals surface area contributed by atoms with Crippen molar-refractivity contribution >= 4 is 27.6 Å². The molecule has 0 atom stereocenters.